The highest BCUT2D eigenvalue weighted by Crippen LogP contribution is 2.52. The van der Waals surface area contributed by atoms with Crippen LogP contribution in [0.5, 0.6) is 11.5 Å². The zero-order chi connectivity index (χ0) is 12.7. The number of thiophene rings is 1. The third kappa shape index (κ3) is 1.90. The van der Waals surface area contributed by atoms with E-state index in [0.717, 1.165) is 8.66 Å². The van der Waals surface area contributed by atoms with Crippen LogP contribution in [0.4, 0.5) is 0 Å². The van der Waals surface area contributed by atoms with Gasteiger partial charge in [0.25, 0.3) is 0 Å². The maximum atomic E-state index is 10.8. The van der Waals surface area contributed by atoms with Gasteiger partial charge in [-0.1, -0.05) is 0 Å². The van der Waals surface area contributed by atoms with Gasteiger partial charge in [-0.15, -0.1) is 22.7 Å². The molecule has 5 nitrogen and oxygen atoms in total. The van der Waals surface area contributed by atoms with Crippen molar-refractivity contribution in [1.29, 1.82) is 0 Å². The highest BCUT2D eigenvalue weighted by Gasteiger charge is 2.26. The number of halogens is 1. The van der Waals surface area contributed by atoms with Crippen LogP contribution < -0.4 is 9.47 Å². The number of carboxylic acids is 1. The molecule has 0 aliphatic carbocycles. The molecule has 0 fully saturated rings. The average Bonchev–Trinajstić information content (AvgIpc) is 2.95. The van der Waals surface area contributed by atoms with Crippen molar-refractivity contribution in [3.63, 3.8) is 0 Å². The van der Waals surface area contributed by atoms with Gasteiger partial charge in [0, 0.05) is 5.38 Å². The van der Waals surface area contributed by atoms with Gasteiger partial charge in [0.05, 0.1) is 0 Å². The number of ether oxygens (including phenoxy) is 2. The Labute approximate surface area is 118 Å². The number of rotatable bonds is 2. The Hall–Kier alpha value is -1.12. The Balaban J connectivity index is 2.08. The number of thiazole rings is 1. The molecule has 0 saturated carbocycles. The van der Waals surface area contributed by atoms with E-state index in [1.807, 2.05) is 0 Å². The van der Waals surface area contributed by atoms with Crippen LogP contribution in [-0.4, -0.2) is 29.3 Å². The molecule has 3 rings (SSSR count). The van der Waals surface area contributed by atoms with Gasteiger partial charge in [-0.05, 0) is 15.9 Å². The Morgan fingerprint density at radius 2 is 2.11 bits per heavy atom. The number of aromatic carboxylic acids is 1. The zero-order valence-electron chi connectivity index (χ0n) is 8.81. The molecule has 1 aliphatic heterocycles. The Bertz CT molecular complexity index is 621. The molecule has 94 valence electrons. The topological polar surface area (TPSA) is 68.7 Å². The molecular formula is C10H6BrNO4S2. The zero-order valence-corrected chi connectivity index (χ0v) is 12.0. The summed E-state index contributed by atoms with van der Waals surface area (Å²) in [6.45, 7) is 1.00. The Morgan fingerprint density at radius 1 is 1.39 bits per heavy atom. The van der Waals surface area contributed by atoms with Gasteiger partial charge < -0.3 is 14.6 Å². The summed E-state index contributed by atoms with van der Waals surface area (Å²) in [6, 6.07) is 0. The highest BCUT2D eigenvalue weighted by molar-refractivity contribution is 9.11. The molecular weight excluding hydrogens is 342 g/mol. The van der Waals surface area contributed by atoms with Gasteiger partial charge in [0.1, 0.15) is 26.9 Å². The van der Waals surface area contributed by atoms with Crippen molar-refractivity contribution >= 4 is 44.6 Å². The smallest absolute Gasteiger partial charge is 0.355 e. The fourth-order valence-corrected chi connectivity index (χ4v) is 4.11. The third-order valence-electron chi connectivity index (χ3n) is 2.28. The van der Waals surface area contributed by atoms with Crippen LogP contribution in [0.2, 0.25) is 0 Å². The molecule has 2 aromatic heterocycles. The average molecular weight is 348 g/mol. The first kappa shape index (κ1) is 11.9. The van der Waals surface area contributed by atoms with E-state index in [1.54, 1.807) is 0 Å². The highest BCUT2D eigenvalue weighted by atomic mass is 79.9. The van der Waals surface area contributed by atoms with Crippen molar-refractivity contribution in [2.45, 2.75) is 0 Å². The van der Waals surface area contributed by atoms with Crippen LogP contribution in [0.3, 0.4) is 0 Å². The van der Waals surface area contributed by atoms with Crippen molar-refractivity contribution in [3.05, 3.63) is 14.9 Å². The molecule has 2 aromatic rings. The summed E-state index contributed by atoms with van der Waals surface area (Å²) in [5, 5.41) is 11.0. The maximum absolute atomic E-state index is 10.8. The number of carboxylic acid groups (broad SMARTS) is 1. The van der Waals surface area contributed by atoms with Crippen LogP contribution in [0.25, 0.3) is 9.88 Å². The van der Waals surface area contributed by atoms with Gasteiger partial charge in [-0.2, -0.15) is 0 Å². The maximum Gasteiger partial charge on any atom is 0.355 e. The predicted molar refractivity (Wildman–Crippen MR) is 71.1 cm³/mol. The quantitative estimate of drug-likeness (QED) is 0.903. The number of carbonyl (C=O) groups is 1. The van der Waals surface area contributed by atoms with Crippen molar-refractivity contribution in [1.82, 2.24) is 4.98 Å². The molecule has 0 amide bonds. The molecule has 1 N–H and O–H groups in total. The molecule has 8 heteroatoms. The SMILES string of the molecule is O=C(O)c1csc(-c2sc(Br)c3c2OCCO3)n1. The first-order chi connectivity index (χ1) is 8.66. The molecule has 3 heterocycles. The minimum Gasteiger partial charge on any atom is -0.484 e. The van der Waals surface area contributed by atoms with Gasteiger partial charge in [-0.25, -0.2) is 9.78 Å². The van der Waals surface area contributed by atoms with Crippen molar-refractivity contribution in [2.75, 3.05) is 13.2 Å². The molecule has 1 aliphatic rings. The first-order valence-corrected chi connectivity index (χ1v) is 7.43. The number of aromatic nitrogens is 1. The van der Waals surface area contributed by atoms with E-state index in [9.17, 15) is 4.79 Å². The van der Waals surface area contributed by atoms with E-state index in [1.165, 1.54) is 28.1 Å². The lowest BCUT2D eigenvalue weighted by molar-refractivity contribution is 0.0691. The van der Waals surface area contributed by atoms with Crippen LogP contribution >= 0.6 is 38.6 Å². The fourth-order valence-electron chi connectivity index (χ4n) is 1.53. The number of nitrogens with zero attached hydrogens (tertiary/aromatic N) is 1. The van der Waals surface area contributed by atoms with Gasteiger partial charge in [-0.3, -0.25) is 0 Å². The second-order valence-corrected chi connectivity index (χ2v) is 6.60. The van der Waals surface area contributed by atoms with Crippen LogP contribution in [0, 0.1) is 0 Å². The largest absolute Gasteiger partial charge is 0.484 e. The first-order valence-electron chi connectivity index (χ1n) is 4.94. The summed E-state index contributed by atoms with van der Waals surface area (Å²) in [5.41, 5.74) is 0.0463. The molecule has 0 atom stereocenters. The van der Waals surface area contributed by atoms with Crippen LogP contribution in [0.1, 0.15) is 10.5 Å². The van der Waals surface area contributed by atoms with E-state index in [0.29, 0.717) is 29.7 Å². The van der Waals surface area contributed by atoms with Crippen LogP contribution in [0.15, 0.2) is 9.17 Å². The van der Waals surface area contributed by atoms with E-state index in [2.05, 4.69) is 20.9 Å². The molecule has 18 heavy (non-hydrogen) atoms. The predicted octanol–water partition coefficient (Wildman–Crippen LogP) is 3.10. The van der Waals surface area contributed by atoms with Crippen molar-refractivity contribution < 1.29 is 19.4 Å². The summed E-state index contributed by atoms with van der Waals surface area (Å²) in [7, 11) is 0. The minimum absolute atomic E-state index is 0.0463. The lowest BCUT2D eigenvalue weighted by Crippen LogP contribution is -2.14. The van der Waals surface area contributed by atoms with Gasteiger partial charge in [0.2, 0.25) is 0 Å². The number of hydrogen-bond donors (Lipinski definition) is 1. The van der Waals surface area contributed by atoms with Crippen LogP contribution in [-0.2, 0) is 0 Å². The third-order valence-corrected chi connectivity index (χ3v) is 5.06. The Morgan fingerprint density at radius 3 is 2.78 bits per heavy atom. The summed E-state index contributed by atoms with van der Waals surface area (Å²) in [5.74, 6) is 0.289. The Kier molecular flexibility index (Phi) is 3.00. The molecule has 0 radical (unpaired) electrons. The number of hydrogen-bond acceptors (Lipinski definition) is 6. The normalized spacial score (nSPS) is 13.6. The van der Waals surface area contributed by atoms with E-state index in [4.69, 9.17) is 14.6 Å². The monoisotopic (exact) mass is 347 g/mol. The summed E-state index contributed by atoms with van der Waals surface area (Å²) >= 11 is 6.12. The second-order valence-electron chi connectivity index (χ2n) is 3.40. The lowest BCUT2D eigenvalue weighted by Gasteiger charge is -2.15. The minimum atomic E-state index is -1.03. The number of fused-ring (bicyclic) bond motifs is 1. The molecule has 0 spiro atoms. The summed E-state index contributed by atoms with van der Waals surface area (Å²) < 4.78 is 11.9. The van der Waals surface area contributed by atoms with E-state index < -0.39 is 5.97 Å². The lowest BCUT2D eigenvalue weighted by atomic mass is 10.4. The second kappa shape index (κ2) is 4.52. The molecule has 0 unspecified atom stereocenters. The summed E-state index contributed by atoms with van der Waals surface area (Å²) in [6.07, 6.45) is 0. The van der Waals surface area contributed by atoms with E-state index in [-0.39, 0.29) is 5.69 Å². The van der Waals surface area contributed by atoms with Gasteiger partial charge >= 0.3 is 5.97 Å². The molecule has 0 saturated heterocycles. The summed E-state index contributed by atoms with van der Waals surface area (Å²) in [4.78, 5) is 15.7. The standard InChI is InChI=1S/C10H6BrNO4S2/c11-8-6-5(15-1-2-16-6)7(18-8)9-12-4(3-17-9)10(13)14/h3H,1-2H2,(H,13,14). The van der Waals surface area contributed by atoms with Gasteiger partial charge in [0.15, 0.2) is 17.2 Å². The van der Waals surface area contributed by atoms with E-state index >= 15 is 0 Å². The van der Waals surface area contributed by atoms with Crippen molar-refractivity contribution in [2.24, 2.45) is 0 Å². The fraction of sp³-hybridized carbons (Fsp3) is 0.200. The molecule has 0 bridgehead atoms. The van der Waals surface area contributed by atoms with Crippen molar-refractivity contribution in [3.8, 4) is 21.4 Å². The molecule has 0 aromatic carbocycles.